The van der Waals surface area contributed by atoms with Crippen molar-refractivity contribution in [2.75, 3.05) is 20.3 Å². The molecule has 0 aromatic heterocycles. The number of hydrogen-bond donors (Lipinski definition) is 2. The first-order chi connectivity index (χ1) is 9.54. The smallest absolute Gasteiger partial charge is 0.237 e. The number of amides is 1. The lowest BCUT2D eigenvalue weighted by Gasteiger charge is -2.15. The summed E-state index contributed by atoms with van der Waals surface area (Å²) in [4.78, 5) is 11.6. The summed E-state index contributed by atoms with van der Waals surface area (Å²) in [7, 11) is 1.62. The van der Waals surface area contributed by atoms with Crippen LogP contribution in [0.3, 0.4) is 0 Å². The van der Waals surface area contributed by atoms with Crippen molar-refractivity contribution in [1.29, 1.82) is 0 Å². The molecule has 1 rings (SSSR count). The summed E-state index contributed by atoms with van der Waals surface area (Å²) in [5.74, 6) is 1.55. The number of halogens is 1. The van der Waals surface area contributed by atoms with Crippen LogP contribution in [0.15, 0.2) is 24.3 Å². The van der Waals surface area contributed by atoms with Crippen LogP contribution < -0.4 is 20.5 Å². The molecule has 1 aromatic carbocycles. The third-order valence-electron chi connectivity index (χ3n) is 2.95. The van der Waals surface area contributed by atoms with Crippen molar-refractivity contribution in [3.8, 4) is 11.5 Å². The van der Waals surface area contributed by atoms with Gasteiger partial charge in [-0.15, -0.1) is 12.4 Å². The van der Waals surface area contributed by atoms with E-state index in [2.05, 4.69) is 5.32 Å². The molecule has 0 aliphatic heterocycles. The maximum atomic E-state index is 11.6. The molecule has 5 nitrogen and oxygen atoms in total. The van der Waals surface area contributed by atoms with E-state index < -0.39 is 6.04 Å². The molecule has 0 spiro atoms. The van der Waals surface area contributed by atoms with Gasteiger partial charge in [-0.3, -0.25) is 4.79 Å². The van der Waals surface area contributed by atoms with Gasteiger partial charge in [0.25, 0.3) is 0 Å². The van der Waals surface area contributed by atoms with Gasteiger partial charge in [0.15, 0.2) is 0 Å². The van der Waals surface area contributed by atoms with Crippen LogP contribution in [0.5, 0.6) is 11.5 Å². The van der Waals surface area contributed by atoms with Crippen LogP contribution in [-0.4, -0.2) is 32.2 Å². The minimum Gasteiger partial charge on any atom is -0.497 e. The largest absolute Gasteiger partial charge is 0.497 e. The Morgan fingerprint density at radius 2 is 2.00 bits per heavy atom. The van der Waals surface area contributed by atoms with Gasteiger partial charge in [-0.2, -0.15) is 0 Å². The predicted octanol–water partition coefficient (Wildman–Crippen LogP) is 1.99. The zero-order valence-corrected chi connectivity index (χ0v) is 13.6. The van der Waals surface area contributed by atoms with Crippen molar-refractivity contribution in [2.45, 2.75) is 26.3 Å². The van der Waals surface area contributed by atoms with E-state index in [0.29, 0.717) is 13.2 Å². The lowest BCUT2D eigenvalue weighted by Crippen LogP contribution is -2.44. The van der Waals surface area contributed by atoms with Crippen LogP contribution in [0.4, 0.5) is 0 Å². The first-order valence-electron chi connectivity index (χ1n) is 6.84. The number of benzene rings is 1. The average molecular weight is 317 g/mol. The molecular weight excluding hydrogens is 292 g/mol. The first kappa shape index (κ1) is 19.5. The summed E-state index contributed by atoms with van der Waals surface area (Å²) in [6.07, 6.45) is 0.730. The molecule has 1 atom stereocenters. The van der Waals surface area contributed by atoms with E-state index in [-0.39, 0.29) is 24.2 Å². The van der Waals surface area contributed by atoms with Gasteiger partial charge in [0, 0.05) is 12.6 Å². The highest BCUT2D eigenvalue weighted by Crippen LogP contribution is 2.18. The fraction of sp³-hybridized carbons (Fsp3) is 0.533. The molecule has 21 heavy (non-hydrogen) atoms. The van der Waals surface area contributed by atoms with Gasteiger partial charge in [0.2, 0.25) is 5.91 Å². The Bertz CT molecular complexity index is 427. The van der Waals surface area contributed by atoms with Crippen LogP contribution in [0, 0.1) is 5.92 Å². The Kier molecular flexibility index (Phi) is 9.58. The zero-order valence-electron chi connectivity index (χ0n) is 12.8. The van der Waals surface area contributed by atoms with Gasteiger partial charge in [0.05, 0.1) is 19.8 Å². The summed E-state index contributed by atoms with van der Waals surface area (Å²) < 4.78 is 10.7. The van der Waals surface area contributed by atoms with Crippen molar-refractivity contribution >= 4 is 18.3 Å². The standard InChI is InChI=1S/C15H24N2O3.ClH/c1-11(2)14(16)15(18)17-8-5-9-20-13-7-4-6-12(10-13)19-3;/h4,6-7,10-11,14H,5,8-9,16H2,1-3H3,(H,17,18);1H/t14-;/m0./s1. The molecule has 1 aromatic rings. The Morgan fingerprint density at radius 1 is 1.33 bits per heavy atom. The molecule has 120 valence electrons. The quantitative estimate of drug-likeness (QED) is 0.719. The van der Waals surface area contributed by atoms with Crippen LogP contribution in [0.1, 0.15) is 20.3 Å². The highest BCUT2D eigenvalue weighted by atomic mass is 35.5. The van der Waals surface area contributed by atoms with Crippen LogP contribution in [-0.2, 0) is 4.79 Å². The second-order valence-corrected chi connectivity index (χ2v) is 4.94. The number of methoxy groups -OCH3 is 1. The summed E-state index contributed by atoms with van der Waals surface area (Å²) >= 11 is 0. The first-order valence-corrected chi connectivity index (χ1v) is 6.84. The highest BCUT2D eigenvalue weighted by molar-refractivity contribution is 5.85. The number of nitrogens with two attached hydrogens (primary N) is 1. The van der Waals surface area contributed by atoms with Crippen molar-refractivity contribution in [3.63, 3.8) is 0 Å². The molecule has 0 unspecified atom stereocenters. The minimum atomic E-state index is -0.450. The molecule has 0 radical (unpaired) electrons. The summed E-state index contributed by atoms with van der Waals surface area (Å²) in [5.41, 5.74) is 5.74. The fourth-order valence-corrected chi connectivity index (χ4v) is 1.59. The number of carbonyl (C=O) groups is 1. The molecule has 6 heteroatoms. The van der Waals surface area contributed by atoms with E-state index in [0.717, 1.165) is 17.9 Å². The SMILES string of the molecule is COc1cccc(OCCCNC(=O)[C@@H](N)C(C)C)c1.Cl. The number of nitrogens with one attached hydrogen (secondary N) is 1. The Labute approximate surface area is 132 Å². The zero-order chi connectivity index (χ0) is 15.0. The Balaban J connectivity index is 0.00000400. The highest BCUT2D eigenvalue weighted by Gasteiger charge is 2.15. The van der Waals surface area contributed by atoms with Crippen LogP contribution in [0.25, 0.3) is 0 Å². The molecule has 0 fully saturated rings. The Morgan fingerprint density at radius 3 is 2.62 bits per heavy atom. The van der Waals surface area contributed by atoms with E-state index in [9.17, 15) is 4.79 Å². The lowest BCUT2D eigenvalue weighted by atomic mass is 10.1. The van der Waals surface area contributed by atoms with Crippen molar-refractivity contribution in [3.05, 3.63) is 24.3 Å². The molecule has 0 aliphatic rings. The van der Waals surface area contributed by atoms with E-state index in [1.54, 1.807) is 7.11 Å². The average Bonchev–Trinajstić information content (AvgIpc) is 2.45. The topological polar surface area (TPSA) is 73.6 Å². The molecular formula is C15H25ClN2O3. The van der Waals surface area contributed by atoms with Crippen LogP contribution in [0.2, 0.25) is 0 Å². The predicted molar refractivity (Wildman–Crippen MR) is 86.2 cm³/mol. The second kappa shape index (κ2) is 10.3. The van der Waals surface area contributed by atoms with E-state index in [1.807, 2.05) is 38.1 Å². The third-order valence-corrected chi connectivity index (χ3v) is 2.95. The number of rotatable bonds is 8. The lowest BCUT2D eigenvalue weighted by molar-refractivity contribution is -0.123. The third kappa shape index (κ3) is 7.20. The van der Waals surface area contributed by atoms with Crippen molar-refractivity contribution < 1.29 is 14.3 Å². The maximum Gasteiger partial charge on any atom is 0.237 e. The summed E-state index contributed by atoms with van der Waals surface area (Å²) in [6, 6.07) is 6.98. The molecule has 0 bridgehead atoms. The Hall–Kier alpha value is -1.46. The molecule has 0 aliphatic carbocycles. The number of hydrogen-bond acceptors (Lipinski definition) is 4. The van der Waals surface area contributed by atoms with Gasteiger partial charge in [-0.25, -0.2) is 0 Å². The van der Waals surface area contributed by atoms with Gasteiger partial charge < -0.3 is 20.5 Å². The summed E-state index contributed by atoms with van der Waals surface area (Å²) in [6.45, 7) is 4.94. The van der Waals surface area contributed by atoms with Gasteiger partial charge in [-0.05, 0) is 24.5 Å². The maximum absolute atomic E-state index is 11.6. The van der Waals surface area contributed by atoms with E-state index in [1.165, 1.54) is 0 Å². The fourth-order valence-electron chi connectivity index (χ4n) is 1.59. The molecule has 0 saturated heterocycles. The van der Waals surface area contributed by atoms with E-state index in [4.69, 9.17) is 15.2 Å². The number of carbonyl (C=O) groups excluding carboxylic acids is 1. The molecule has 0 saturated carbocycles. The molecule has 1 amide bonds. The molecule has 3 N–H and O–H groups in total. The van der Waals surface area contributed by atoms with Gasteiger partial charge in [0.1, 0.15) is 11.5 Å². The van der Waals surface area contributed by atoms with Crippen LogP contribution >= 0.6 is 12.4 Å². The minimum absolute atomic E-state index is 0. The van der Waals surface area contributed by atoms with E-state index >= 15 is 0 Å². The monoisotopic (exact) mass is 316 g/mol. The molecule has 0 heterocycles. The van der Waals surface area contributed by atoms with Gasteiger partial charge >= 0.3 is 0 Å². The van der Waals surface area contributed by atoms with Crippen molar-refractivity contribution in [2.24, 2.45) is 11.7 Å². The van der Waals surface area contributed by atoms with Crippen molar-refractivity contribution in [1.82, 2.24) is 5.32 Å². The second-order valence-electron chi connectivity index (χ2n) is 4.94. The number of ether oxygens (including phenoxy) is 2. The normalized spacial score (nSPS) is 11.5. The van der Waals surface area contributed by atoms with Gasteiger partial charge in [-0.1, -0.05) is 19.9 Å². The summed E-state index contributed by atoms with van der Waals surface area (Å²) in [5, 5.41) is 2.80.